The van der Waals surface area contributed by atoms with Crippen LogP contribution >= 0.6 is 0 Å². The summed E-state index contributed by atoms with van der Waals surface area (Å²) in [5, 5.41) is 17.8. The third-order valence-corrected chi connectivity index (χ3v) is 2.70. The Hall–Kier alpha value is -2.04. The first-order chi connectivity index (χ1) is 8.41. The van der Waals surface area contributed by atoms with Crippen molar-refractivity contribution in [3.63, 3.8) is 0 Å². The van der Waals surface area contributed by atoms with Crippen LogP contribution in [0.1, 0.15) is 12.5 Å². The molecule has 0 aliphatic rings. The van der Waals surface area contributed by atoms with E-state index in [0.717, 1.165) is 11.3 Å². The summed E-state index contributed by atoms with van der Waals surface area (Å²) in [7, 11) is 0. The third kappa shape index (κ3) is 3.76. The molecule has 1 aromatic carbocycles. The molecule has 0 saturated carbocycles. The van der Waals surface area contributed by atoms with Crippen molar-refractivity contribution in [1.82, 2.24) is 0 Å². The predicted octanol–water partition coefficient (Wildman–Crippen LogP) is 1.61. The van der Waals surface area contributed by atoms with Gasteiger partial charge in [0.05, 0.1) is 5.92 Å². The van der Waals surface area contributed by atoms with Crippen LogP contribution in [0.3, 0.4) is 0 Å². The number of rotatable bonds is 6. The Kier molecular flexibility index (Phi) is 4.71. The number of carboxylic acids is 2. The van der Waals surface area contributed by atoms with Gasteiger partial charge >= 0.3 is 11.9 Å². The van der Waals surface area contributed by atoms with Crippen LogP contribution in [-0.4, -0.2) is 35.2 Å². The van der Waals surface area contributed by atoms with Gasteiger partial charge in [-0.25, -0.2) is 0 Å². The van der Waals surface area contributed by atoms with Gasteiger partial charge in [0.1, 0.15) is 6.54 Å². The number of anilines is 1. The van der Waals surface area contributed by atoms with E-state index in [9.17, 15) is 9.59 Å². The topological polar surface area (TPSA) is 77.8 Å². The molecule has 0 fully saturated rings. The molecule has 0 aliphatic heterocycles. The molecule has 0 heterocycles. The number of nitrogens with zero attached hydrogens (tertiary/aromatic N) is 1. The van der Waals surface area contributed by atoms with E-state index in [-0.39, 0.29) is 13.1 Å². The van der Waals surface area contributed by atoms with Crippen molar-refractivity contribution in [1.29, 1.82) is 0 Å². The molecule has 1 aromatic rings. The molecule has 0 saturated heterocycles. The summed E-state index contributed by atoms with van der Waals surface area (Å²) in [5.74, 6) is -2.53. The average Bonchev–Trinajstić information content (AvgIpc) is 2.28. The van der Waals surface area contributed by atoms with Crippen molar-refractivity contribution in [2.24, 2.45) is 5.92 Å². The van der Waals surface area contributed by atoms with Crippen molar-refractivity contribution in [3.8, 4) is 0 Å². The van der Waals surface area contributed by atoms with Crippen LogP contribution in [0.4, 0.5) is 5.69 Å². The lowest BCUT2D eigenvalue weighted by Gasteiger charge is -2.26. The molecule has 2 N–H and O–H groups in total. The first-order valence-electron chi connectivity index (χ1n) is 5.67. The van der Waals surface area contributed by atoms with Crippen LogP contribution in [0, 0.1) is 12.8 Å². The zero-order valence-corrected chi connectivity index (χ0v) is 10.5. The second kappa shape index (κ2) is 6.05. The maximum atomic E-state index is 10.9. The average molecular weight is 251 g/mol. The Morgan fingerprint density at radius 3 is 2.39 bits per heavy atom. The number of hydrogen-bond acceptors (Lipinski definition) is 3. The van der Waals surface area contributed by atoms with Crippen LogP contribution in [0.2, 0.25) is 0 Å². The summed E-state index contributed by atoms with van der Waals surface area (Å²) in [4.78, 5) is 23.3. The minimum absolute atomic E-state index is 0.173. The Morgan fingerprint density at radius 1 is 1.28 bits per heavy atom. The summed E-state index contributed by atoms with van der Waals surface area (Å²) in [6.07, 6.45) is 0. The third-order valence-electron chi connectivity index (χ3n) is 2.70. The lowest BCUT2D eigenvalue weighted by atomic mass is 10.1. The number of hydrogen-bond donors (Lipinski definition) is 2. The highest BCUT2D eigenvalue weighted by Crippen LogP contribution is 2.20. The SMILES string of the molecule is Cc1ccccc1N(CC(=O)O)CC(C)C(=O)O. The summed E-state index contributed by atoms with van der Waals surface area (Å²) < 4.78 is 0. The molecule has 5 heteroatoms. The summed E-state index contributed by atoms with van der Waals surface area (Å²) in [5.41, 5.74) is 1.68. The van der Waals surface area contributed by atoms with Gasteiger partial charge in [0.2, 0.25) is 0 Å². The molecule has 18 heavy (non-hydrogen) atoms. The number of aliphatic carboxylic acids is 2. The molecule has 0 aliphatic carbocycles. The number of benzene rings is 1. The normalized spacial score (nSPS) is 11.9. The fourth-order valence-corrected chi connectivity index (χ4v) is 1.74. The van der Waals surface area contributed by atoms with Crippen LogP contribution < -0.4 is 4.90 Å². The van der Waals surface area contributed by atoms with Crippen molar-refractivity contribution >= 4 is 17.6 Å². The highest BCUT2D eigenvalue weighted by atomic mass is 16.4. The van der Waals surface area contributed by atoms with E-state index in [1.165, 1.54) is 0 Å². The number of carboxylic acid groups (broad SMARTS) is 2. The van der Waals surface area contributed by atoms with E-state index in [0.29, 0.717) is 0 Å². The summed E-state index contributed by atoms with van der Waals surface area (Å²) in [6.45, 7) is 3.40. The van der Waals surface area contributed by atoms with Crippen molar-refractivity contribution < 1.29 is 19.8 Å². The van der Waals surface area contributed by atoms with E-state index in [1.54, 1.807) is 17.9 Å². The van der Waals surface area contributed by atoms with Gasteiger partial charge in [-0.05, 0) is 18.6 Å². The molecule has 1 rings (SSSR count). The maximum Gasteiger partial charge on any atom is 0.323 e. The minimum Gasteiger partial charge on any atom is -0.481 e. The zero-order chi connectivity index (χ0) is 13.7. The lowest BCUT2D eigenvalue weighted by Crippen LogP contribution is -2.36. The van der Waals surface area contributed by atoms with Gasteiger partial charge < -0.3 is 15.1 Å². The molecule has 0 aromatic heterocycles. The molecular formula is C13H17NO4. The summed E-state index contributed by atoms with van der Waals surface area (Å²) >= 11 is 0. The predicted molar refractivity (Wildman–Crippen MR) is 67.8 cm³/mol. The second-order valence-corrected chi connectivity index (χ2v) is 4.30. The van der Waals surface area contributed by atoms with Crippen LogP contribution in [0.15, 0.2) is 24.3 Å². The maximum absolute atomic E-state index is 10.9. The smallest absolute Gasteiger partial charge is 0.323 e. The minimum atomic E-state index is -0.976. The van der Waals surface area contributed by atoms with E-state index in [2.05, 4.69) is 0 Å². The van der Waals surface area contributed by atoms with Gasteiger partial charge in [-0.1, -0.05) is 25.1 Å². The molecule has 0 bridgehead atoms. The second-order valence-electron chi connectivity index (χ2n) is 4.30. The standard InChI is InChI=1S/C13H17NO4/c1-9-5-3-4-6-11(9)14(8-12(15)16)7-10(2)13(17)18/h3-6,10H,7-8H2,1-2H3,(H,15,16)(H,17,18). The lowest BCUT2D eigenvalue weighted by molar-refractivity contribution is -0.141. The molecular weight excluding hydrogens is 234 g/mol. The molecule has 0 radical (unpaired) electrons. The Bertz CT molecular complexity index is 444. The van der Waals surface area contributed by atoms with Gasteiger partial charge in [-0.2, -0.15) is 0 Å². The van der Waals surface area contributed by atoms with Gasteiger partial charge in [-0.3, -0.25) is 9.59 Å². The van der Waals surface area contributed by atoms with Gasteiger partial charge in [0.25, 0.3) is 0 Å². The first-order valence-corrected chi connectivity index (χ1v) is 5.67. The summed E-state index contributed by atoms with van der Waals surface area (Å²) in [6, 6.07) is 7.34. The largest absolute Gasteiger partial charge is 0.481 e. The fourth-order valence-electron chi connectivity index (χ4n) is 1.74. The van der Waals surface area contributed by atoms with E-state index in [1.807, 2.05) is 25.1 Å². The monoisotopic (exact) mass is 251 g/mol. The number of carbonyl (C=O) groups is 2. The van der Waals surface area contributed by atoms with Gasteiger partial charge in [-0.15, -0.1) is 0 Å². The quantitative estimate of drug-likeness (QED) is 0.803. The van der Waals surface area contributed by atoms with Crippen molar-refractivity contribution in [2.45, 2.75) is 13.8 Å². The van der Waals surface area contributed by atoms with Crippen molar-refractivity contribution in [3.05, 3.63) is 29.8 Å². The molecule has 98 valence electrons. The zero-order valence-electron chi connectivity index (χ0n) is 10.5. The Morgan fingerprint density at radius 2 is 1.89 bits per heavy atom. The fraction of sp³-hybridized carbons (Fsp3) is 0.385. The van der Waals surface area contributed by atoms with Crippen LogP contribution in [0.5, 0.6) is 0 Å². The Balaban J connectivity index is 2.95. The van der Waals surface area contributed by atoms with Crippen LogP contribution in [0.25, 0.3) is 0 Å². The highest BCUT2D eigenvalue weighted by Gasteiger charge is 2.19. The molecule has 0 amide bonds. The van der Waals surface area contributed by atoms with Crippen LogP contribution in [-0.2, 0) is 9.59 Å². The molecule has 1 atom stereocenters. The van der Waals surface area contributed by atoms with E-state index < -0.39 is 17.9 Å². The van der Waals surface area contributed by atoms with Gasteiger partial charge in [0, 0.05) is 12.2 Å². The number of para-hydroxylation sites is 1. The van der Waals surface area contributed by atoms with Gasteiger partial charge in [0.15, 0.2) is 0 Å². The molecule has 0 spiro atoms. The number of aryl methyl sites for hydroxylation is 1. The highest BCUT2D eigenvalue weighted by molar-refractivity contribution is 5.76. The Labute approximate surface area is 106 Å². The van der Waals surface area contributed by atoms with Crippen molar-refractivity contribution in [2.75, 3.05) is 18.0 Å². The first kappa shape index (κ1) is 14.0. The van der Waals surface area contributed by atoms with E-state index in [4.69, 9.17) is 10.2 Å². The molecule has 1 unspecified atom stereocenters. The van der Waals surface area contributed by atoms with E-state index >= 15 is 0 Å². The molecule has 5 nitrogen and oxygen atoms in total.